The molecule has 1 aromatic carbocycles. The molecule has 0 unspecified atom stereocenters. The molecule has 0 spiro atoms. The molecule has 1 fully saturated rings. The van der Waals surface area contributed by atoms with E-state index in [-0.39, 0.29) is 17.4 Å². The SMILES string of the molecule is CN1C(=O)[C@@H](c2ccc(C3CC3)cc2)[C@@](C)(c2ccnc(-c3cc(Cl)cnc3F)c2)N=C1N. The number of nitrogens with two attached hydrogens (primary N) is 1. The number of carbonyl (C=O) groups is 1. The smallest absolute Gasteiger partial charge is 0.239 e. The number of rotatable bonds is 4. The largest absolute Gasteiger partial charge is 0.369 e. The maximum absolute atomic E-state index is 14.4. The zero-order valence-corrected chi connectivity index (χ0v) is 19.1. The summed E-state index contributed by atoms with van der Waals surface area (Å²) in [5.74, 6) is -0.697. The summed E-state index contributed by atoms with van der Waals surface area (Å²) in [6, 6.07) is 13.2. The second-order valence-corrected chi connectivity index (χ2v) is 9.25. The zero-order chi connectivity index (χ0) is 23.3. The van der Waals surface area contributed by atoms with Gasteiger partial charge in [0.15, 0.2) is 5.96 Å². The lowest BCUT2D eigenvalue weighted by Crippen LogP contribution is -2.52. The van der Waals surface area contributed by atoms with Crippen molar-refractivity contribution < 1.29 is 9.18 Å². The highest BCUT2D eigenvalue weighted by Gasteiger charge is 2.47. The molecule has 1 saturated carbocycles. The Bertz CT molecular complexity index is 1270. The summed E-state index contributed by atoms with van der Waals surface area (Å²) >= 11 is 6.03. The van der Waals surface area contributed by atoms with E-state index in [9.17, 15) is 9.18 Å². The van der Waals surface area contributed by atoms with E-state index < -0.39 is 17.4 Å². The van der Waals surface area contributed by atoms with Crippen molar-refractivity contribution in [3.05, 3.63) is 82.5 Å². The molecule has 5 rings (SSSR count). The lowest BCUT2D eigenvalue weighted by Gasteiger charge is -2.41. The third-order valence-corrected chi connectivity index (χ3v) is 6.78. The van der Waals surface area contributed by atoms with Gasteiger partial charge in [-0.05, 0) is 60.6 Å². The summed E-state index contributed by atoms with van der Waals surface area (Å²) in [6.45, 7) is 1.87. The molecule has 1 aliphatic carbocycles. The Morgan fingerprint density at radius 3 is 2.52 bits per heavy atom. The first-order chi connectivity index (χ1) is 15.8. The number of halogens is 2. The van der Waals surface area contributed by atoms with Crippen molar-refractivity contribution in [3.8, 4) is 11.3 Å². The molecular weight excluding hydrogens is 441 g/mol. The molecule has 2 N–H and O–H groups in total. The van der Waals surface area contributed by atoms with Crippen molar-refractivity contribution in [1.29, 1.82) is 0 Å². The van der Waals surface area contributed by atoms with E-state index in [0.717, 1.165) is 5.56 Å². The fourth-order valence-corrected chi connectivity index (χ4v) is 4.65. The maximum atomic E-state index is 14.4. The number of likely N-dealkylation sites (N-methyl/N-ethyl adjacent to an activating group) is 1. The van der Waals surface area contributed by atoms with Crippen molar-refractivity contribution >= 4 is 23.5 Å². The van der Waals surface area contributed by atoms with Crippen LogP contribution in [0.5, 0.6) is 0 Å². The van der Waals surface area contributed by atoms with E-state index in [1.165, 1.54) is 35.6 Å². The number of benzene rings is 1. The summed E-state index contributed by atoms with van der Waals surface area (Å²) in [5.41, 5.74) is 8.47. The van der Waals surface area contributed by atoms with Crippen molar-refractivity contribution in [2.45, 2.75) is 37.1 Å². The number of pyridine rings is 2. The number of aromatic nitrogens is 2. The van der Waals surface area contributed by atoms with Crippen LogP contribution < -0.4 is 5.73 Å². The molecule has 0 bridgehead atoms. The van der Waals surface area contributed by atoms with Crippen LogP contribution in [0.25, 0.3) is 11.3 Å². The molecule has 2 aromatic heterocycles. The van der Waals surface area contributed by atoms with Gasteiger partial charge in [0.05, 0.1) is 22.2 Å². The van der Waals surface area contributed by atoms with Crippen LogP contribution in [0, 0.1) is 5.95 Å². The molecule has 6 nitrogen and oxygen atoms in total. The first kappa shape index (κ1) is 21.5. The Kier molecular flexibility index (Phi) is 5.16. The Morgan fingerprint density at radius 1 is 1.12 bits per heavy atom. The number of aliphatic imine (C=N–C) groups is 1. The normalized spacial score (nSPS) is 22.9. The van der Waals surface area contributed by atoms with Gasteiger partial charge in [0.25, 0.3) is 0 Å². The molecule has 1 amide bonds. The number of nitrogens with zero attached hydrogens (tertiary/aromatic N) is 4. The van der Waals surface area contributed by atoms with Gasteiger partial charge in [-0.15, -0.1) is 0 Å². The lowest BCUT2D eigenvalue weighted by atomic mass is 9.74. The van der Waals surface area contributed by atoms with Gasteiger partial charge < -0.3 is 5.73 Å². The molecule has 168 valence electrons. The quantitative estimate of drug-likeness (QED) is 0.573. The predicted octanol–water partition coefficient (Wildman–Crippen LogP) is 4.60. The van der Waals surface area contributed by atoms with E-state index >= 15 is 0 Å². The van der Waals surface area contributed by atoms with Crippen LogP contribution >= 0.6 is 11.6 Å². The average molecular weight is 464 g/mol. The monoisotopic (exact) mass is 463 g/mol. The first-order valence-corrected chi connectivity index (χ1v) is 11.2. The number of guanidine groups is 1. The van der Waals surface area contributed by atoms with Gasteiger partial charge in [-0.25, -0.2) is 9.98 Å². The van der Waals surface area contributed by atoms with E-state index in [1.54, 1.807) is 25.4 Å². The van der Waals surface area contributed by atoms with Gasteiger partial charge in [-0.2, -0.15) is 4.39 Å². The van der Waals surface area contributed by atoms with Crippen LogP contribution in [0.1, 0.15) is 48.3 Å². The molecule has 0 radical (unpaired) electrons. The van der Waals surface area contributed by atoms with Crippen molar-refractivity contribution in [3.63, 3.8) is 0 Å². The van der Waals surface area contributed by atoms with Gasteiger partial charge in [-0.3, -0.25) is 14.7 Å². The number of hydrogen-bond acceptors (Lipinski definition) is 5. The predicted molar refractivity (Wildman–Crippen MR) is 125 cm³/mol. The molecule has 2 aliphatic rings. The van der Waals surface area contributed by atoms with Gasteiger partial charge in [0, 0.05) is 19.4 Å². The fraction of sp³-hybridized carbons (Fsp3) is 0.280. The van der Waals surface area contributed by atoms with E-state index in [1.807, 2.05) is 19.1 Å². The van der Waals surface area contributed by atoms with Gasteiger partial charge in [-0.1, -0.05) is 35.9 Å². The van der Waals surface area contributed by atoms with Crippen LogP contribution in [-0.2, 0) is 10.3 Å². The van der Waals surface area contributed by atoms with Crippen molar-refractivity contribution in [2.24, 2.45) is 10.7 Å². The zero-order valence-electron chi connectivity index (χ0n) is 18.3. The molecule has 3 heterocycles. The third kappa shape index (κ3) is 3.76. The van der Waals surface area contributed by atoms with Crippen LogP contribution in [0.2, 0.25) is 5.02 Å². The summed E-state index contributed by atoms with van der Waals surface area (Å²) in [5, 5.41) is 0.301. The number of amides is 1. The molecule has 3 aromatic rings. The van der Waals surface area contributed by atoms with E-state index in [4.69, 9.17) is 22.3 Å². The fourth-order valence-electron chi connectivity index (χ4n) is 4.49. The van der Waals surface area contributed by atoms with Crippen LogP contribution in [0.3, 0.4) is 0 Å². The minimum atomic E-state index is -1.02. The lowest BCUT2D eigenvalue weighted by molar-refractivity contribution is -0.130. The Morgan fingerprint density at radius 2 is 1.82 bits per heavy atom. The highest BCUT2D eigenvalue weighted by molar-refractivity contribution is 6.30. The van der Waals surface area contributed by atoms with Crippen molar-refractivity contribution in [1.82, 2.24) is 14.9 Å². The van der Waals surface area contributed by atoms with Crippen LogP contribution in [0.4, 0.5) is 4.39 Å². The average Bonchev–Trinajstić information content (AvgIpc) is 3.65. The standard InChI is InChI=1S/C25H23ClFN5O/c1-25(17-9-10-29-20(11-17)19-12-18(26)13-30-22(19)27)21(23(33)32(2)24(28)31-25)16-7-5-15(6-8-16)14-3-4-14/h5-14,21H,3-4H2,1-2H3,(H2,28,31)/t21-,25-/m1/s1. The summed E-state index contributed by atoms with van der Waals surface area (Å²) in [4.78, 5) is 27.6. The molecular formula is C25H23ClFN5O. The number of carbonyl (C=O) groups excluding carboxylic acids is 1. The molecule has 33 heavy (non-hydrogen) atoms. The molecule has 0 saturated heterocycles. The van der Waals surface area contributed by atoms with Crippen molar-refractivity contribution in [2.75, 3.05) is 7.05 Å². The Labute approximate surface area is 196 Å². The second kappa shape index (κ2) is 7.92. The topological polar surface area (TPSA) is 84.5 Å². The third-order valence-electron chi connectivity index (χ3n) is 6.57. The maximum Gasteiger partial charge on any atom is 0.239 e. The summed E-state index contributed by atoms with van der Waals surface area (Å²) in [7, 11) is 1.62. The summed E-state index contributed by atoms with van der Waals surface area (Å²) in [6.07, 6.45) is 5.22. The highest BCUT2D eigenvalue weighted by atomic mass is 35.5. The molecule has 2 atom stereocenters. The molecule has 1 aliphatic heterocycles. The highest BCUT2D eigenvalue weighted by Crippen LogP contribution is 2.46. The van der Waals surface area contributed by atoms with Gasteiger partial charge in [0.2, 0.25) is 11.9 Å². The number of hydrogen-bond donors (Lipinski definition) is 1. The van der Waals surface area contributed by atoms with Gasteiger partial charge in [0.1, 0.15) is 5.54 Å². The Hall–Kier alpha value is -3.32. The minimum absolute atomic E-state index is 0.127. The summed E-state index contributed by atoms with van der Waals surface area (Å²) < 4.78 is 14.4. The van der Waals surface area contributed by atoms with Crippen LogP contribution in [-0.4, -0.2) is 33.8 Å². The van der Waals surface area contributed by atoms with Crippen LogP contribution in [0.15, 0.2) is 59.9 Å². The van der Waals surface area contributed by atoms with Gasteiger partial charge >= 0.3 is 0 Å². The second-order valence-electron chi connectivity index (χ2n) is 8.81. The molecule has 8 heteroatoms. The minimum Gasteiger partial charge on any atom is -0.369 e. The van der Waals surface area contributed by atoms with E-state index in [2.05, 4.69) is 22.1 Å². The first-order valence-electron chi connectivity index (χ1n) is 10.8. The Balaban J connectivity index is 1.63. The van der Waals surface area contributed by atoms with E-state index in [0.29, 0.717) is 22.2 Å².